The normalized spacial score (nSPS) is 11.8. The molecule has 31 heavy (non-hydrogen) atoms. The Morgan fingerprint density at radius 1 is 0.903 bits per heavy atom. The number of nitrogens with zero attached hydrogens (tertiary/aromatic N) is 1. The number of furan rings is 1. The monoisotopic (exact) mass is 448 g/mol. The fourth-order valence-corrected chi connectivity index (χ4v) is 4.31. The second-order valence-corrected chi connectivity index (χ2v) is 9.72. The first-order valence-corrected chi connectivity index (χ1v) is 11.8. The molecular formula is C24H17ClN2O3S. The van der Waals surface area contributed by atoms with Crippen molar-refractivity contribution >= 4 is 32.2 Å². The number of sulfone groups is 1. The molecule has 0 atom stereocenters. The molecule has 0 spiro atoms. The van der Waals surface area contributed by atoms with E-state index in [0.717, 1.165) is 27.6 Å². The fourth-order valence-electron chi connectivity index (χ4n) is 3.55. The van der Waals surface area contributed by atoms with Crippen molar-refractivity contribution in [2.45, 2.75) is 4.90 Å². The average molecular weight is 449 g/mol. The maximum Gasteiger partial charge on any atom is 0.177 e. The van der Waals surface area contributed by atoms with Gasteiger partial charge in [-0.15, -0.1) is 0 Å². The third kappa shape index (κ3) is 3.65. The summed E-state index contributed by atoms with van der Waals surface area (Å²) in [6, 6.07) is 22.0. The summed E-state index contributed by atoms with van der Waals surface area (Å²) in [7, 11) is -3.28. The lowest BCUT2D eigenvalue weighted by molar-refractivity contribution is 0.583. The first-order chi connectivity index (χ1) is 14.9. The van der Waals surface area contributed by atoms with Gasteiger partial charge in [-0.05, 0) is 24.3 Å². The molecule has 0 aliphatic carbocycles. The van der Waals surface area contributed by atoms with Gasteiger partial charge in [-0.1, -0.05) is 60.1 Å². The van der Waals surface area contributed by atoms with Gasteiger partial charge < -0.3 is 9.40 Å². The standard InChI is InChI=1S/C24H17ClN2O3S/c1-31(28,29)19-12-8-16(9-13-19)22-21(15-6-10-18(25)11-7-15)26-24(27-22)23-20-5-3-2-4-17(20)14-30-23/h2-14H,1H3,(H,26,27). The Hall–Kier alpha value is -3.35. The molecule has 0 amide bonds. The van der Waals surface area contributed by atoms with Crippen LogP contribution in [0.1, 0.15) is 0 Å². The summed E-state index contributed by atoms with van der Waals surface area (Å²) in [5.74, 6) is 1.23. The molecule has 0 radical (unpaired) electrons. The van der Waals surface area contributed by atoms with Crippen LogP contribution in [0.2, 0.25) is 5.02 Å². The van der Waals surface area contributed by atoms with Gasteiger partial charge in [0.2, 0.25) is 0 Å². The highest BCUT2D eigenvalue weighted by atomic mass is 35.5. The van der Waals surface area contributed by atoms with Crippen LogP contribution in [0.3, 0.4) is 0 Å². The van der Waals surface area contributed by atoms with E-state index in [-0.39, 0.29) is 4.90 Å². The maximum atomic E-state index is 11.8. The molecule has 0 unspecified atom stereocenters. The summed E-state index contributed by atoms with van der Waals surface area (Å²) in [6.07, 6.45) is 2.89. The second-order valence-electron chi connectivity index (χ2n) is 7.26. The lowest BCUT2D eigenvalue weighted by Crippen LogP contribution is -1.96. The Labute approximate surface area is 184 Å². The van der Waals surface area contributed by atoms with E-state index in [1.54, 1.807) is 30.5 Å². The van der Waals surface area contributed by atoms with Crippen molar-refractivity contribution in [3.8, 4) is 34.1 Å². The number of imidazole rings is 1. The molecule has 7 heteroatoms. The summed E-state index contributed by atoms with van der Waals surface area (Å²) in [4.78, 5) is 8.48. The summed E-state index contributed by atoms with van der Waals surface area (Å²) in [6.45, 7) is 0. The minimum Gasteiger partial charge on any atom is -0.460 e. The molecule has 1 N–H and O–H groups in total. The van der Waals surface area contributed by atoms with Crippen LogP contribution < -0.4 is 0 Å². The van der Waals surface area contributed by atoms with Gasteiger partial charge in [-0.25, -0.2) is 13.4 Å². The number of benzene rings is 3. The van der Waals surface area contributed by atoms with E-state index in [4.69, 9.17) is 21.0 Å². The lowest BCUT2D eigenvalue weighted by Gasteiger charge is -2.05. The number of nitrogens with one attached hydrogen (secondary N) is 1. The summed E-state index contributed by atoms with van der Waals surface area (Å²) in [5.41, 5.74) is 3.18. The zero-order valence-corrected chi connectivity index (χ0v) is 18.0. The van der Waals surface area contributed by atoms with Crippen LogP contribution in [0.25, 0.3) is 44.9 Å². The second kappa shape index (κ2) is 7.41. The van der Waals surface area contributed by atoms with Crippen molar-refractivity contribution in [3.63, 3.8) is 0 Å². The average Bonchev–Trinajstić information content (AvgIpc) is 3.38. The smallest absolute Gasteiger partial charge is 0.177 e. The molecule has 0 saturated carbocycles. The number of rotatable bonds is 4. The topological polar surface area (TPSA) is 76.0 Å². The van der Waals surface area contributed by atoms with Gasteiger partial charge in [0.1, 0.15) is 0 Å². The molecule has 0 bridgehead atoms. The van der Waals surface area contributed by atoms with Gasteiger partial charge >= 0.3 is 0 Å². The van der Waals surface area contributed by atoms with E-state index >= 15 is 0 Å². The van der Waals surface area contributed by atoms with Crippen molar-refractivity contribution in [3.05, 3.63) is 84.1 Å². The summed E-state index contributed by atoms with van der Waals surface area (Å²) < 4.78 is 29.5. The van der Waals surface area contributed by atoms with Crippen LogP contribution in [0.5, 0.6) is 0 Å². The molecule has 0 saturated heterocycles. The number of hydrogen-bond donors (Lipinski definition) is 1. The van der Waals surface area contributed by atoms with Crippen LogP contribution in [0.15, 0.2) is 88.4 Å². The largest absolute Gasteiger partial charge is 0.460 e. The Morgan fingerprint density at radius 2 is 1.58 bits per heavy atom. The van der Waals surface area contributed by atoms with Gasteiger partial charge in [0.25, 0.3) is 0 Å². The lowest BCUT2D eigenvalue weighted by atomic mass is 10.1. The Morgan fingerprint density at radius 3 is 2.29 bits per heavy atom. The quantitative estimate of drug-likeness (QED) is 0.354. The molecule has 154 valence electrons. The first kappa shape index (κ1) is 19.6. The van der Waals surface area contributed by atoms with E-state index in [0.29, 0.717) is 22.3 Å². The number of fused-ring (bicyclic) bond motifs is 1. The summed E-state index contributed by atoms with van der Waals surface area (Å²) >= 11 is 6.07. The maximum absolute atomic E-state index is 11.8. The third-order valence-corrected chi connectivity index (χ3v) is 6.50. The van der Waals surface area contributed by atoms with Crippen LogP contribution in [0, 0.1) is 0 Å². The SMILES string of the molecule is CS(=O)(=O)c1ccc(-c2nc(-c3occ4ccccc34)[nH]c2-c2ccc(Cl)cc2)cc1. The molecule has 0 aliphatic rings. The van der Waals surface area contributed by atoms with Crippen LogP contribution >= 0.6 is 11.6 Å². The van der Waals surface area contributed by atoms with Crippen LogP contribution in [-0.2, 0) is 9.84 Å². The fraction of sp³-hybridized carbons (Fsp3) is 0.0417. The zero-order chi connectivity index (χ0) is 21.6. The van der Waals surface area contributed by atoms with Crippen molar-refractivity contribution in [1.29, 1.82) is 0 Å². The molecule has 2 heterocycles. The predicted molar refractivity (Wildman–Crippen MR) is 123 cm³/mol. The number of halogens is 1. The van der Waals surface area contributed by atoms with E-state index in [1.165, 1.54) is 6.26 Å². The van der Waals surface area contributed by atoms with Crippen LogP contribution in [-0.4, -0.2) is 24.6 Å². The molecule has 0 aliphatic heterocycles. The minimum atomic E-state index is -3.28. The Bertz CT molecular complexity index is 1500. The molecule has 5 aromatic rings. The van der Waals surface area contributed by atoms with Gasteiger partial charge in [-0.2, -0.15) is 0 Å². The van der Waals surface area contributed by atoms with E-state index < -0.39 is 9.84 Å². The van der Waals surface area contributed by atoms with Crippen molar-refractivity contribution in [1.82, 2.24) is 9.97 Å². The number of H-pyrrole nitrogens is 1. The van der Waals surface area contributed by atoms with Gasteiger partial charge in [0, 0.05) is 33.2 Å². The van der Waals surface area contributed by atoms with E-state index in [2.05, 4.69) is 4.98 Å². The van der Waals surface area contributed by atoms with Crippen LogP contribution in [0.4, 0.5) is 0 Å². The third-order valence-electron chi connectivity index (χ3n) is 5.12. The highest BCUT2D eigenvalue weighted by molar-refractivity contribution is 7.90. The number of aromatic amines is 1. The first-order valence-electron chi connectivity index (χ1n) is 9.53. The van der Waals surface area contributed by atoms with E-state index in [9.17, 15) is 8.42 Å². The van der Waals surface area contributed by atoms with Crippen molar-refractivity contribution in [2.75, 3.05) is 6.26 Å². The van der Waals surface area contributed by atoms with Crippen molar-refractivity contribution in [2.24, 2.45) is 0 Å². The highest BCUT2D eigenvalue weighted by Gasteiger charge is 2.19. The highest BCUT2D eigenvalue weighted by Crippen LogP contribution is 2.36. The molecule has 5 nitrogen and oxygen atoms in total. The molecule has 5 rings (SSSR count). The number of hydrogen-bond acceptors (Lipinski definition) is 4. The molecule has 0 fully saturated rings. The van der Waals surface area contributed by atoms with Gasteiger partial charge in [0.15, 0.2) is 21.4 Å². The minimum absolute atomic E-state index is 0.261. The molecular weight excluding hydrogens is 432 g/mol. The number of aromatic nitrogens is 2. The van der Waals surface area contributed by atoms with Gasteiger partial charge in [0.05, 0.1) is 22.5 Å². The predicted octanol–water partition coefficient (Wildman–Crippen LogP) is 6.21. The summed E-state index contributed by atoms with van der Waals surface area (Å²) in [5, 5.41) is 2.58. The Balaban J connectivity index is 1.70. The molecule has 3 aromatic carbocycles. The van der Waals surface area contributed by atoms with E-state index in [1.807, 2.05) is 48.5 Å². The molecule has 2 aromatic heterocycles. The zero-order valence-electron chi connectivity index (χ0n) is 16.5. The Kier molecular flexibility index (Phi) is 4.68. The van der Waals surface area contributed by atoms with Gasteiger partial charge in [-0.3, -0.25) is 0 Å². The van der Waals surface area contributed by atoms with Crippen molar-refractivity contribution < 1.29 is 12.8 Å².